The second-order valence-electron chi connectivity index (χ2n) is 7.53. The summed E-state index contributed by atoms with van der Waals surface area (Å²) in [6.45, 7) is 10.4. The van der Waals surface area contributed by atoms with Crippen molar-refractivity contribution in [3.63, 3.8) is 0 Å². The van der Waals surface area contributed by atoms with Gasteiger partial charge in [0.2, 0.25) is 0 Å². The summed E-state index contributed by atoms with van der Waals surface area (Å²) < 4.78 is 7.94. The molecule has 1 N–H and O–H groups in total. The second-order valence-corrected chi connectivity index (χ2v) is 7.53. The van der Waals surface area contributed by atoms with Crippen LogP contribution in [0.5, 0.6) is 5.75 Å². The SMILES string of the molecule is CCn1ncnc1C(NC(=O)C(C)(C)Oc1cccc(C)c1C)C1CC1. The fourth-order valence-electron chi connectivity index (χ4n) is 3.05. The van der Waals surface area contributed by atoms with Crippen LogP contribution < -0.4 is 10.1 Å². The van der Waals surface area contributed by atoms with E-state index in [0.717, 1.165) is 42.1 Å². The predicted molar refractivity (Wildman–Crippen MR) is 99.9 cm³/mol. The Balaban J connectivity index is 1.77. The van der Waals surface area contributed by atoms with Gasteiger partial charge in [0, 0.05) is 6.54 Å². The van der Waals surface area contributed by atoms with Crippen LogP contribution in [0.4, 0.5) is 0 Å². The summed E-state index contributed by atoms with van der Waals surface area (Å²) in [7, 11) is 0. The van der Waals surface area contributed by atoms with Gasteiger partial charge in [0.05, 0.1) is 6.04 Å². The molecule has 6 heteroatoms. The number of hydrogen-bond donors (Lipinski definition) is 1. The fourth-order valence-corrected chi connectivity index (χ4v) is 3.05. The van der Waals surface area contributed by atoms with E-state index in [1.54, 1.807) is 20.2 Å². The number of ether oxygens (including phenoxy) is 1. The highest BCUT2D eigenvalue weighted by atomic mass is 16.5. The predicted octanol–water partition coefficient (Wildman–Crippen LogP) is 3.34. The Morgan fingerprint density at radius 1 is 1.38 bits per heavy atom. The van der Waals surface area contributed by atoms with Crippen molar-refractivity contribution in [2.45, 2.75) is 65.6 Å². The number of rotatable bonds is 7. The Morgan fingerprint density at radius 2 is 2.12 bits per heavy atom. The van der Waals surface area contributed by atoms with E-state index in [9.17, 15) is 4.79 Å². The van der Waals surface area contributed by atoms with Gasteiger partial charge in [-0.1, -0.05) is 12.1 Å². The Morgan fingerprint density at radius 3 is 2.77 bits per heavy atom. The maximum absolute atomic E-state index is 13.0. The zero-order valence-electron chi connectivity index (χ0n) is 16.2. The number of nitrogens with zero attached hydrogens (tertiary/aromatic N) is 3. The lowest BCUT2D eigenvalue weighted by Gasteiger charge is -2.29. The Kier molecular flexibility index (Phi) is 5.03. The van der Waals surface area contributed by atoms with E-state index in [1.165, 1.54) is 0 Å². The molecule has 1 saturated carbocycles. The number of nitrogens with one attached hydrogen (secondary N) is 1. The zero-order valence-corrected chi connectivity index (χ0v) is 16.2. The van der Waals surface area contributed by atoms with Gasteiger partial charge >= 0.3 is 0 Å². The lowest BCUT2D eigenvalue weighted by atomic mass is 10.0. The summed E-state index contributed by atoms with van der Waals surface area (Å²) in [4.78, 5) is 17.4. The van der Waals surface area contributed by atoms with Crippen LogP contribution in [0.15, 0.2) is 24.5 Å². The molecule has 1 aliphatic rings. The van der Waals surface area contributed by atoms with Crippen molar-refractivity contribution in [2.75, 3.05) is 0 Å². The molecule has 1 atom stereocenters. The van der Waals surface area contributed by atoms with Crippen LogP contribution in [0, 0.1) is 19.8 Å². The van der Waals surface area contributed by atoms with Crippen LogP contribution in [-0.2, 0) is 11.3 Å². The summed E-state index contributed by atoms with van der Waals surface area (Å²) in [6, 6.07) is 5.77. The fraction of sp³-hybridized carbons (Fsp3) is 0.550. The van der Waals surface area contributed by atoms with Gasteiger partial charge in [0.1, 0.15) is 17.9 Å². The van der Waals surface area contributed by atoms with Crippen molar-refractivity contribution < 1.29 is 9.53 Å². The molecule has 2 aromatic rings. The maximum Gasteiger partial charge on any atom is 0.264 e. The number of hydrogen-bond acceptors (Lipinski definition) is 4. The molecule has 140 valence electrons. The molecule has 1 aromatic heterocycles. The number of carbonyl (C=O) groups excluding carboxylic acids is 1. The minimum atomic E-state index is -0.983. The average Bonchev–Trinajstić information content (AvgIpc) is 3.33. The molecule has 3 rings (SSSR count). The normalized spacial score (nSPS) is 15.6. The van der Waals surface area contributed by atoms with Crippen molar-refractivity contribution in [1.29, 1.82) is 0 Å². The van der Waals surface area contributed by atoms with E-state index in [2.05, 4.69) is 15.4 Å². The highest BCUT2D eigenvalue weighted by Gasteiger charge is 2.40. The first-order valence-electron chi connectivity index (χ1n) is 9.27. The summed E-state index contributed by atoms with van der Waals surface area (Å²) in [6.07, 6.45) is 3.75. The molecule has 0 radical (unpaired) electrons. The molecule has 1 fully saturated rings. The first-order valence-corrected chi connectivity index (χ1v) is 9.27. The summed E-state index contributed by atoms with van der Waals surface area (Å²) in [5.74, 6) is 1.85. The van der Waals surface area contributed by atoms with Gasteiger partial charge in [-0.05, 0) is 70.6 Å². The minimum absolute atomic E-state index is 0.119. The number of carbonyl (C=O) groups is 1. The van der Waals surface area contributed by atoms with Gasteiger partial charge in [-0.25, -0.2) is 9.67 Å². The second kappa shape index (κ2) is 7.09. The molecule has 0 saturated heterocycles. The number of aryl methyl sites for hydroxylation is 2. The number of aromatic nitrogens is 3. The third-order valence-electron chi connectivity index (χ3n) is 5.07. The molecule has 0 bridgehead atoms. The largest absolute Gasteiger partial charge is 0.478 e. The molecule has 0 spiro atoms. The third kappa shape index (κ3) is 3.74. The van der Waals surface area contributed by atoms with Gasteiger partial charge in [0.25, 0.3) is 5.91 Å². The molecule has 1 unspecified atom stereocenters. The summed E-state index contributed by atoms with van der Waals surface area (Å²) in [5.41, 5.74) is 1.21. The highest BCUT2D eigenvalue weighted by Crippen LogP contribution is 2.40. The minimum Gasteiger partial charge on any atom is -0.478 e. The van der Waals surface area contributed by atoms with E-state index < -0.39 is 5.60 Å². The Labute approximate surface area is 155 Å². The number of amides is 1. The van der Waals surface area contributed by atoms with Crippen molar-refractivity contribution in [1.82, 2.24) is 20.1 Å². The quantitative estimate of drug-likeness (QED) is 0.826. The Hall–Kier alpha value is -2.37. The molecule has 1 amide bonds. The van der Waals surface area contributed by atoms with Crippen LogP contribution >= 0.6 is 0 Å². The molecular weight excluding hydrogens is 328 g/mol. The number of benzene rings is 1. The third-order valence-corrected chi connectivity index (χ3v) is 5.07. The van der Waals surface area contributed by atoms with Crippen LogP contribution in [0.2, 0.25) is 0 Å². The maximum atomic E-state index is 13.0. The molecular formula is C20H28N4O2. The van der Waals surface area contributed by atoms with E-state index >= 15 is 0 Å². The van der Waals surface area contributed by atoms with Gasteiger partial charge in [0.15, 0.2) is 5.60 Å². The molecule has 0 aliphatic heterocycles. The van der Waals surface area contributed by atoms with Crippen LogP contribution in [0.3, 0.4) is 0 Å². The van der Waals surface area contributed by atoms with Crippen molar-refractivity contribution in [3.05, 3.63) is 41.5 Å². The standard InChI is InChI=1S/C20H28N4O2/c1-6-24-18(21-12-22-24)17(15-10-11-15)23-19(25)20(4,5)26-16-9-7-8-13(2)14(16)3/h7-9,12,15,17H,6,10-11H2,1-5H3,(H,23,25). The van der Waals surface area contributed by atoms with Crippen molar-refractivity contribution >= 4 is 5.91 Å². The first kappa shape index (κ1) is 18.4. The van der Waals surface area contributed by atoms with Crippen molar-refractivity contribution in [3.8, 4) is 5.75 Å². The van der Waals surface area contributed by atoms with Gasteiger partial charge in [-0.2, -0.15) is 5.10 Å². The van der Waals surface area contributed by atoms with E-state index in [0.29, 0.717) is 5.92 Å². The van der Waals surface area contributed by atoms with Gasteiger partial charge < -0.3 is 10.1 Å². The Bertz CT molecular complexity index is 793. The molecule has 6 nitrogen and oxygen atoms in total. The summed E-state index contributed by atoms with van der Waals surface area (Å²) >= 11 is 0. The highest BCUT2D eigenvalue weighted by molar-refractivity contribution is 5.85. The van der Waals surface area contributed by atoms with E-state index in [1.807, 2.05) is 43.7 Å². The van der Waals surface area contributed by atoms with Crippen LogP contribution in [0.1, 0.15) is 56.6 Å². The zero-order chi connectivity index (χ0) is 18.9. The smallest absolute Gasteiger partial charge is 0.264 e. The molecule has 1 heterocycles. The average molecular weight is 356 g/mol. The molecule has 1 aliphatic carbocycles. The summed E-state index contributed by atoms with van der Waals surface area (Å²) in [5, 5.41) is 7.41. The van der Waals surface area contributed by atoms with Gasteiger partial charge in [-0.3, -0.25) is 4.79 Å². The first-order chi connectivity index (χ1) is 12.3. The lowest BCUT2D eigenvalue weighted by molar-refractivity contribution is -0.135. The molecule has 26 heavy (non-hydrogen) atoms. The van der Waals surface area contributed by atoms with E-state index in [4.69, 9.17) is 4.74 Å². The van der Waals surface area contributed by atoms with Gasteiger partial charge in [-0.15, -0.1) is 0 Å². The van der Waals surface area contributed by atoms with Crippen LogP contribution in [-0.4, -0.2) is 26.3 Å². The lowest BCUT2D eigenvalue weighted by Crippen LogP contribution is -2.48. The van der Waals surface area contributed by atoms with Crippen LogP contribution in [0.25, 0.3) is 0 Å². The van der Waals surface area contributed by atoms with E-state index in [-0.39, 0.29) is 11.9 Å². The monoisotopic (exact) mass is 356 g/mol. The topological polar surface area (TPSA) is 69.0 Å². The molecule has 1 aromatic carbocycles. The van der Waals surface area contributed by atoms with Crippen molar-refractivity contribution in [2.24, 2.45) is 5.92 Å².